The molecule has 0 radical (unpaired) electrons. The predicted molar refractivity (Wildman–Crippen MR) is 68.1 cm³/mol. The van der Waals surface area contributed by atoms with E-state index in [2.05, 4.69) is 15.4 Å². The quantitative estimate of drug-likeness (QED) is 0.556. The Kier molecular flexibility index (Phi) is 6.78. The predicted octanol–water partition coefficient (Wildman–Crippen LogP) is -0.271. The van der Waals surface area contributed by atoms with E-state index in [1.165, 1.54) is 7.11 Å². The molecule has 1 unspecified atom stereocenters. The zero-order valence-electron chi connectivity index (χ0n) is 11.4. The SMILES string of the molecule is COC(=O)CC[C@@H](NC(=O)NCC1CCOC1)C(=O)O. The van der Waals surface area contributed by atoms with Gasteiger partial charge in [0.15, 0.2) is 0 Å². The monoisotopic (exact) mass is 288 g/mol. The number of ether oxygens (including phenoxy) is 2. The van der Waals surface area contributed by atoms with Gasteiger partial charge in [0.25, 0.3) is 0 Å². The average Bonchev–Trinajstić information content (AvgIpc) is 2.93. The van der Waals surface area contributed by atoms with Gasteiger partial charge in [0, 0.05) is 25.5 Å². The summed E-state index contributed by atoms with van der Waals surface area (Å²) < 4.78 is 9.60. The normalized spacial score (nSPS) is 19.1. The van der Waals surface area contributed by atoms with Crippen molar-refractivity contribution in [3.05, 3.63) is 0 Å². The number of carboxylic acids is 1. The standard InChI is InChI=1S/C12H20N2O6/c1-19-10(15)3-2-9(11(16)17)14-12(18)13-6-8-4-5-20-7-8/h8-9H,2-7H2,1H3,(H,16,17)(H2,13,14,18)/t8?,9-/m1/s1. The first-order chi connectivity index (χ1) is 9.52. The smallest absolute Gasteiger partial charge is 0.326 e. The van der Waals surface area contributed by atoms with Crippen LogP contribution in [0.15, 0.2) is 0 Å². The highest BCUT2D eigenvalue weighted by Gasteiger charge is 2.22. The maximum atomic E-state index is 11.6. The first-order valence-corrected chi connectivity index (χ1v) is 6.44. The van der Waals surface area contributed by atoms with Crippen LogP contribution in [0.1, 0.15) is 19.3 Å². The van der Waals surface area contributed by atoms with E-state index < -0.39 is 24.0 Å². The summed E-state index contributed by atoms with van der Waals surface area (Å²) in [5.41, 5.74) is 0. The van der Waals surface area contributed by atoms with Gasteiger partial charge in [-0.1, -0.05) is 0 Å². The van der Waals surface area contributed by atoms with Crippen LogP contribution in [0, 0.1) is 5.92 Å². The number of esters is 1. The molecule has 114 valence electrons. The lowest BCUT2D eigenvalue weighted by Gasteiger charge is -2.15. The Balaban J connectivity index is 2.30. The van der Waals surface area contributed by atoms with Crippen LogP contribution in [0.5, 0.6) is 0 Å². The number of nitrogens with one attached hydrogen (secondary N) is 2. The Labute approximate surface area is 116 Å². The number of hydrogen-bond acceptors (Lipinski definition) is 5. The fraction of sp³-hybridized carbons (Fsp3) is 0.750. The van der Waals surface area contributed by atoms with Crippen molar-refractivity contribution in [2.45, 2.75) is 25.3 Å². The summed E-state index contributed by atoms with van der Waals surface area (Å²) in [6, 6.07) is -1.68. The molecular formula is C12H20N2O6. The number of carboxylic acid groups (broad SMARTS) is 1. The van der Waals surface area contributed by atoms with E-state index in [-0.39, 0.29) is 18.8 Å². The Morgan fingerprint density at radius 1 is 1.45 bits per heavy atom. The van der Waals surface area contributed by atoms with Crippen molar-refractivity contribution in [3.8, 4) is 0 Å². The molecule has 0 spiro atoms. The van der Waals surface area contributed by atoms with Crippen molar-refractivity contribution in [1.82, 2.24) is 10.6 Å². The lowest BCUT2D eigenvalue weighted by molar-refractivity contribution is -0.142. The van der Waals surface area contributed by atoms with Gasteiger partial charge >= 0.3 is 18.0 Å². The number of urea groups is 1. The Morgan fingerprint density at radius 2 is 2.20 bits per heavy atom. The molecule has 0 aromatic carbocycles. The molecule has 2 atom stereocenters. The minimum Gasteiger partial charge on any atom is -0.480 e. The van der Waals surface area contributed by atoms with Crippen molar-refractivity contribution in [2.24, 2.45) is 5.92 Å². The zero-order valence-corrected chi connectivity index (χ0v) is 11.4. The van der Waals surface area contributed by atoms with Gasteiger partial charge in [-0.15, -0.1) is 0 Å². The maximum Gasteiger partial charge on any atom is 0.326 e. The Morgan fingerprint density at radius 3 is 2.75 bits per heavy atom. The molecule has 20 heavy (non-hydrogen) atoms. The molecule has 8 nitrogen and oxygen atoms in total. The molecule has 0 aromatic heterocycles. The van der Waals surface area contributed by atoms with E-state index in [0.29, 0.717) is 19.8 Å². The molecule has 1 aliphatic heterocycles. The molecule has 0 bridgehead atoms. The van der Waals surface area contributed by atoms with Gasteiger partial charge in [-0.25, -0.2) is 9.59 Å². The van der Waals surface area contributed by atoms with Crippen LogP contribution in [0.4, 0.5) is 4.79 Å². The molecule has 1 aliphatic rings. The third-order valence-electron chi connectivity index (χ3n) is 3.04. The molecule has 1 heterocycles. The molecule has 0 saturated carbocycles. The largest absolute Gasteiger partial charge is 0.480 e. The van der Waals surface area contributed by atoms with Crippen LogP contribution >= 0.6 is 0 Å². The van der Waals surface area contributed by atoms with E-state index >= 15 is 0 Å². The van der Waals surface area contributed by atoms with Gasteiger partial charge in [0.2, 0.25) is 0 Å². The Hall–Kier alpha value is -1.83. The molecule has 1 fully saturated rings. The summed E-state index contributed by atoms with van der Waals surface area (Å²) in [7, 11) is 1.22. The van der Waals surface area contributed by atoms with E-state index in [9.17, 15) is 14.4 Å². The first kappa shape index (κ1) is 16.2. The number of hydrogen-bond donors (Lipinski definition) is 3. The molecule has 0 aliphatic carbocycles. The van der Waals surface area contributed by atoms with Crippen LogP contribution in [-0.2, 0) is 19.1 Å². The molecule has 8 heteroatoms. The van der Waals surface area contributed by atoms with Crippen LogP contribution in [0.25, 0.3) is 0 Å². The fourth-order valence-corrected chi connectivity index (χ4v) is 1.81. The summed E-state index contributed by atoms with van der Waals surface area (Å²) in [6.45, 7) is 1.73. The molecule has 1 saturated heterocycles. The van der Waals surface area contributed by atoms with E-state index in [1.54, 1.807) is 0 Å². The number of carbonyl (C=O) groups excluding carboxylic acids is 2. The van der Waals surface area contributed by atoms with Crippen LogP contribution < -0.4 is 10.6 Å². The topological polar surface area (TPSA) is 114 Å². The second kappa shape index (κ2) is 8.36. The highest BCUT2D eigenvalue weighted by molar-refractivity contribution is 5.83. The number of aliphatic carboxylic acids is 1. The average molecular weight is 288 g/mol. The summed E-state index contributed by atoms with van der Waals surface area (Å²) in [5.74, 6) is -1.44. The van der Waals surface area contributed by atoms with Gasteiger partial charge < -0.3 is 25.2 Å². The summed E-state index contributed by atoms with van der Waals surface area (Å²) in [5, 5.41) is 13.9. The lowest BCUT2D eigenvalue weighted by Crippen LogP contribution is -2.47. The van der Waals surface area contributed by atoms with Crippen LogP contribution in [-0.4, -0.2) is 56.0 Å². The van der Waals surface area contributed by atoms with E-state index in [4.69, 9.17) is 9.84 Å². The number of carbonyl (C=O) groups is 3. The first-order valence-electron chi connectivity index (χ1n) is 6.44. The van der Waals surface area contributed by atoms with Crippen LogP contribution in [0.3, 0.4) is 0 Å². The van der Waals surface area contributed by atoms with Gasteiger partial charge in [-0.3, -0.25) is 4.79 Å². The molecule has 3 N–H and O–H groups in total. The second-order valence-electron chi connectivity index (χ2n) is 4.59. The van der Waals surface area contributed by atoms with Crippen molar-refractivity contribution in [3.63, 3.8) is 0 Å². The minimum atomic E-state index is -1.19. The van der Waals surface area contributed by atoms with E-state index in [0.717, 1.165) is 6.42 Å². The summed E-state index contributed by atoms with van der Waals surface area (Å²) in [6.07, 6.45) is 0.803. The maximum absolute atomic E-state index is 11.6. The van der Waals surface area contributed by atoms with Gasteiger partial charge in [-0.05, 0) is 12.8 Å². The van der Waals surface area contributed by atoms with Crippen molar-refractivity contribution >= 4 is 18.0 Å². The highest BCUT2D eigenvalue weighted by atomic mass is 16.5. The Bertz CT molecular complexity index is 354. The minimum absolute atomic E-state index is 0.0119. The molecule has 0 aromatic rings. The highest BCUT2D eigenvalue weighted by Crippen LogP contribution is 2.10. The number of rotatable bonds is 7. The lowest BCUT2D eigenvalue weighted by atomic mass is 10.1. The summed E-state index contributed by atoms with van der Waals surface area (Å²) in [4.78, 5) is 33.5. The number of methoxy groups -OCH3 is 1. The molecule has 1 rings (SSSR count). The zero-order chi connectivity index (χ0) is 15.0. The van der Waals surface area contributed by atoms with E-state index in [1.807, 2.05) is 0 Å². The fourth-order valence-electron chi connectivity index (χ4n) is 1.81. The van der Waals surface area contributed by atoms with Gasteiger partial charge in [0.1, 0.15) is 6.04 Å². The van der Waals surface area contributed by atoms with Crippen molar-refractivity contribution in [1.29, 1.82) is 0 Å². The van der Waals surface area contributed by atoms with Gasteiger partial charge in [0.05, 0.1) is 13.7 Å². The second-order valence-corrected chi connectivity index (χ2v) is 4.59. The summed E-state index contributed by atoms with van der Waals surface area (Å²) >= 11 is 0. The van der Waals surface area contributed by atoms with Gasteiger partial charge in [-0.2, -0.15) is 0 Å². The third-order valence-corrected chi connectivity index (χ3v) is 3.04. The molecular weight excluding hydrogens is 268 g/mol. The van der Waals surface area contributed by atoms with Crippen molar-refractivity contribution in [2.75, 3.05) is 26.9 Å². The van der Waals surface area contributed by atoms with Crippen molar-refractivity contribution < 1.29 is 29.0 Å². The molecule has 2 amide bonds. The third kappa shape index (κ3) is 5.87. The van der Waals surface area contributed by atoms with Crippen LogP contribution in [0.2, 0.25) is 0 Å². The number of amides is 2.